The number of halogens is 1. The molecule has 1 aromatic carbocycles. The molecule has 2 rings (SSSR count). The highest BCUT2D eigenvalue weighted by Crippen LogP contribution is 2.27. The summed E-state index contributed by atoms with van der Waals surface area (Å²) in [5, 5.41) is 14.9. The second kappa shape index (κ2) is 8.34. The molecule has 136 valence electrons. The number of carbonyl (C=O) groups excluding carboxylic acids is 2. The quantitative estimate of drug-likeness (QED) is 0.719. The van der Waals surface area contributed by atoms with Gasteiger partial charge in [0.05, 0.1) is 16.5 Å². The van der Waals surface area contributed by atoms with E-state index in [1.165, 1.54) is 0 Å². The van der Waals surface area contributed by atoms with Crippen molar-refractivity contribution in [3.8, 4) is 0 Å². The first-order valence-corrected chi connectivity index (χ1v) is 8.77. The molecule has 6 nitrogen and oxygen atoms in total. The second-order valence-electron chi connectivity index (χ2n) is 6.86. The zero-order valence-corrected chi connectivity index (χ0v) is 15.1. The molecule has 0 saturated heterocycles. The Morgan fingerprint density at radius 2 is 2.00 bits per heavy atom. The first kappa shape index (κ1) is 19.2. The van der Waals surface area contributed by atoms with Gasteiger partial charge in [0.2, 0.25) is 5.91 Å². The maximum atomic E-state index is 12.5. The van der Waals surface area contributed by atoms with E-state index in [1.54, 1.807) is 18.2 Å². The summed E-state index contributed by atoms with van der Waals surface area (Å²) in [6.45, 7) is 3.90. The molecule has 1 saturated carbocycles. The van der Waals surface area contributed by atoms with E-state index >= 15 is 0 Å². The summed E-state index contributed by atoms with van der Waals surface area (Å²) in [5.74, 6) is -1.49. The van der Waals surface area contributed by atoms with Gasteiger partial charge in [0.1, 0.15) is 0 Å². The Kier molecular flexibility index (Phi) is 6.42. The lowest BCUT2D eigenvalue weighted by Crippen LogP contribution is -2.33. The van der Waals surface area contributed by atoms with E-state index in [0.717, 1.165) is 0 Å². The third-order valence-electron chi connectivity index (χ3n) is 4.21. The molecule has 25 heavy (non-hydrogen) atoms. The van der Waals surface area contributed by atoms with E-state index in [0.29, 0.717) is 31.4 Å². The first-order valence-electron chi connectivity index (χ1n) is 8.39. The lowest BCUT2D eigenvalue weighted by Gasteiger charge is -2.14. The average molecular weight is 367 g/mol. The van der Waals surface area contributed by atoms with Gasteiger partial charge in [-0.05, 0) is 43.4 Å². The number of aliphatic carboxylic acids is 1. The van der Waals surface area contributed by atoms with Crippen LogP contribution in [0.25, 0.3) is 0 Å². The van der Waals surface area contributed by atoms with Gasteiger partial charge >= 0.3 is 5.97 Å². The van der Waals surface area contributed by atoms with Gasteiger partial charge in [-0.2, -0.15) is 0 Å². The van der Waals surface area contributed by atoms with Crippen molar-refractivity contribution >= 4 is 35.1 Å². The predicted octanol–water partition coefficient (Wildman–Crippen LogP) is 3.31. The topological polar surface area (TPSA) is 95.5 Å². The van der Waals surface area contributed by atoms with Crippen LogP contribution in [0, 0.1) is 11.8 Å². The summed E-state index contributed by atoms with van der Waals surface area (Å²) in [6.07, 6.45) is 2.00. The van der Waals surface area contributed by atoms with Crippen LogP contribution in [0.1, 0.15) is 49.9 Å². The third kappa shape index (κ3) is 5.46. The lowest BCUT2D eigenvalue weighted by atomic mass is 10.1. The highest BCUT2D eigenvalue weighted by atomic mass is 35.5. The van der Waals surface area contributed by atoms with Gasteiger partial charge in [-0.15, -0.1) is 0 Å². The number of nitrogens with one attached hydrogen (secondary N) is 2. The maximum absolute atomic E-state index is 12.5. The van der Waals surface area contributed by atoms with Crippen LogP contribution in [0.5, 0.6) is 0 Å². The zero-order chi connectivity index (χ0) is 18.6. The molecule has 0 bridgehead atoms. The second-order valence-corrected chi connectivity index (χ2v) is 7.27. The fourth-order valence-corrected chi connectivity index (χ4v) is 3.16. The number of hydrogen-bond donors (Lipinski definition) is 3. The summed E-state index contributed by atoms with van der Waals surface area (Å²) in [7, 11) is 0. The fraction of sp³-hybridized carbons (Fsp3) is 0.500. The fourth-order valence-electron chi connectivity index (χ4n) is 2.96. The van der Waals surface area contributed by atoms with Crippen LogP contribution in [0.4, 0.5) is 5.69 Å². The Morgan fingerprint density at radius 1 is 1.28 bits per heavy atom. The third-order valence-corrected chi connectivity index (χ3v) is 4.54. The number of amides is 2. The molecular weight excluding hydrogens is 344 g/mol. The van der Waals surface area contributed by atoms with Crippen LogP contribution in [0.15, 0.2) is 18.2 Å². The Bertz CT molecular complexity index is 675. The van der Waals surface area contributed by atoms with Crippen LogP contribution in [0.2, 0.25) is 5.02 Å². The Balaban J connectivity index is 2.03. The molecule has 2 atom stereocenters. The molecule has 2 amide bonds. The van der Waals surface area contributed by atoms with Crippen molar-refractivity contribution in [2.24, 2.45) is 11.8 Å². The van der Waals surface area contributed by atoms with E-state index < -0.39 is 11.9 Å². The van der Waals surface area contributed by atoms with Gasteiger partial charge in [-0.3, -0.25) is 14.4 Å². The lowest BCUT2D eigenvalue weighted by molar-refractivity contribution is -0.141. The minimum absolute atomic E-state index is 0.122. The van der Waals surface area contributed by atoms with Gasteiger partial charge in [-0.1, -0.05) is 25.4 Å². The van der Waals surface area contributed by atoms with Crippen LogP contribution in [-0.2, 0) is 9.59 Å². The molecule has 0 aromatic heterocycles. The van der Waals surface area contributed by atoms with E-state index in [-0.39, 0.29) is 34.4 Å². The molecule has 0 heterocycles. The number of benzene rings is 1. The van der Waals surface area contributed by atoms with Crippen LogP contribution in [0.3, 0.4) is 0 Å². The molecule has 1 aromatic rings. The van der Waals surface area contributed by atoms with Gasteiger partial charge in [0, 0.05) is 18.2 Å². The van der Waals surface area contributed by atoms with Gasteiger partial charge in [0.25, 0.3) is 5.91 Å². The Morgan fingerprint density at radius 3 is 2.60 bits per heavy atom. The zero-order valence-electron chi connectivity index (χ0n) is 14.3. The highest BCUT2D eigenvalue weighted by molar-refractivity contribution is 6.34. The monoisotopic (exact) mass is 366 g/mol. The average Bonchev–Trinajstić information content (AvgIpc) is 2.97. The maximum Gasteiger partial charge on any atom is 0.306 e. The summed E-state index contributed by atoms with van der Waals surface area (Å²) in [6, 6.07) is 4.58. The van der Waals surface area contributed by atoms with E-state index in [9.17, 15) is 14.4 Å². The van der Waals surface area contributed by atoms with Crippen molar-refractivity contribution in [1.29, 1.82) is 0 Å². The SMILES string of the molecule is CC(C)CC(=O)Nc1ccc(Cl)c(C(=O)N[C@@H]2CC[C@H](C(=O)O)C2)c1. The summed E-state index contributed by atoms with van der Waals surface area (Å²) in [5.41, 5.74) is 0.776. The van der Waals surface area contributed by atoms with E-state index in [2.05, 4.69) is 10.6 Å². The molecule has 0 radical (unpaired) electrons. The number of hydrogen-bond acceptors (Lipinski definition) is 3. The molecular formula is C18H23ClN2O4. The van der Waals surface area contributed by atoms with E-state index in [1.807, 2.05) is 13.8 Å². The summed E-state index contributed by atoms with van der Waals surface area (Å²) < 4.78 is 0. The van der Waals surface area contributed by atoms with Crippen molar-refractivity contribution in [3.05, 3.63) is 28.8 Å². The Hall–Kier alpha value is -2.08. The number of carbonyl (C=O) groups is 3. The summed E-state index contributed by atoms with van der Waals surface area (Å²) >= 11 is 6.11. The molecule has 0 spiro atoms. The molecule has 1 aliphatic rings. The van der Waals surface area contributed by atoms with Crippen LogP contribution < -0.4 is 10.6 Å². The van der Waals surface area contributed by atoms with Gasteiger partial charge < -0.3 is 15.7 Å². The molecule has 7 heteroatoms. The van der Waals surface area contributed by atoms with Crippen molar-refractivity contribution in [2.75, 3.05) is 5.32 Å². The summed E-state index contributed by atoms with van der Waals surface area (Å²) in [4.78, 5) is 35.3. The molecule has 1 fully saturated rings. The normalized spacial score (nSPS) is 19.7. The first-order chi connectivity index (χ1) is 11.8. The van der Waals surface area contributed by atoms with Crippen molar-refractivity contribution in [3.63, 3.8) is 0 Å². The minimum Gasteiger partial charge on any atom is -0.481 e. The number of anilines is 1. The van der Waals surface area contributed by atoms with Crippen molar-refractivity contribution < 1.29 is 19.5 Å². The molecule has 1 aliphatic carbocycles. The van der Waals surface area contributed by atoms with Crippen LogP contribution >= 0.6 is 11.6 Å². The van der Waals surface area contributed by atoms with Crippen molar-refractivity contribution in [1.82, 2.24) is 5.32 Å². The smallest absolute Gasteiger partial charge is 0.306 e. The molecule has 0 unspecified atom stereocenters. The number of carboxylic acid groups (broad SMARTS) is 1. The minimum atomic E-state index is -0.829. The Labute approximate surface area is 151 Å². The van der Waals surface area contributed by atoms with Crippen LogP contribution in [-0.4, -0.2) is 28.9 Å². The standard InChI is InChI=1S/C18H23ClN2O4/c1-10(2)7-16(22)20-13-5-6-15(19)14(9-13)17(23)21-12-4-3-11(8-12)18(24)25/h5-6,9-12H,3-4,7-8H2,1-2H3,(H,20,22)(H,21,23)(H,24,25)/t11-,12+/m0/s1. The molecule has 3 N–H and O–H groups in total. The number of rotatable bonds is 6. The number of carboxylic acids is 1. The van der Waals surface area contributed by atoms with Gasteiger partial charge in [-0.25, -0.2) is 0 Å². The van der Waals surface area contributed by atoms with Crippen molar-refractivity contribution in [2.45, 2.75) is 45.6 Å². The molecule has 0 aliphatic heterocycles. The largest absolute Gasteiger partial charge is 0.481 e. The predicted molar refractivity (Wildman–Crippen MR) is 95.8 cm³/mol. The van der Waals surface area contributed by atoms with E-state index in [4.69, 9.17) is 16.7 Å². The van der Waals surface area contributed by atoms with Gasteiger partial charge in [0.15, 0.2) is 0 Å². The highest BCUT2D eigenvalue weighted by Gasteiger charge is 2.31.